The molecule has 3 aromatic rings. The van der Waals surface area contributed by atoms with E-state index in [9.17, 15) is 8.42 Å². The lowest BCUT2D eigenvalue weighted by atomic mass is 9.99. The number of anilines is 1. The number of benzene rings is 2. The van der Waals surface area contributed by atoms with Gasteiger partial charge in [-0.2, -0.15) is 0 Å². The van der Waals surface area contributed by atoms with Crippen molar-refractivity contribution in [1.29, 1.82) is 0 Å². The first kappa shape index (κ1) is 22.6. The molecule has 0 unspecified atom stereocenters. The lowest BCUT2D eigenvalue weighted by molar-refractivity contribution is 0.404. The highest BCUT2D eigenvalue weighted by Crippen LogP contribution is 2.36. The first-order valence-electron chi connectivity index (χ1n) is 10.9. The van der Waals surface area contributed by atoms with E-state index in [1.54, 1.807) is 6.07 Å². The SMILES string of the molecule is Cc1c(S(=O)(=O)Nc2ccccc2CN[C@@H](C)CC2CCCC2)sc2ccc(Cl)cc12. The largest absolute Gasteiger partial charge is 0.310 e. The Kier molecular flexibility index (Phi) is 6.92. The van der Waals surface area contributed by atoms with Gasteiger partial charge >= 0.3 is 0 Å². The molecule has 0 amide bonds. The van der Waals surface area contributed by atoms with Crippen LogP contribution in [0.4, 0.5) is 5.69 Å². The molecule has 4 nitrogen and oxygen atoms in total. The quantitative estimate of drug-likeness (QED) is 0.379. The van der Waals surface area contributed by atoms with Crippen LogP contribution in [0.25, 0.3) is 10.1 Å². The minimum atomic E-state index is -3.70. The van der Waals surface area contributed by atoms with Crippen LogP contribution < -0.4 is 10.0 Å². The molecule has 2 N–H and O–H groups in total. The van der Waals surface area contributed by atoms with Gasteiger partial charge in [-0.15, -0.1) is 11.3 Å². The fraction of sp³-hybridized carbons (Fsp3) is 0.417. The van der Waals surface area contributed by atoms with Crippen LogP contribution in [0.5, 0.6) is 0 Å². The standard InChI is InChI=1S/C24H29ClN2O2S2/c1-16(13-18-7-3-4-8-18)26-15-19-9-5-6-10-22(19)27-31(28,29)24-17(2)21-14-20(25)11-12-23(21)30-24/h5-6,9-12,14,16,18,26-27H,3-4,7-8,13,15H2,1-2H3/t16-/m0/s1. The van der Waals surface area contributed by atoms with Crippen molar-refractivity contribution in [3.05, 3.63) is 58.6 Å². The van der Waals surface area contributed by atoms with E-state index in [1.165, 1.54) is 43.4 Å². The predicted molar refractivity (Wildman–Crippen MR) is 132 cm³/mol. The van der Waals surface area contributed by atoms with Gasteiger partial charge in [0.05, 0.1) is 5.69 Å². The van der Waals surface area contributed by atoms with Crippen molar-refractivity contribution in [2.24, 2.45) is 5.92 Å². The van der Waals surface area contributed by atoms with E-state index in [0.717, 1.165) is 27.1 Å². The van der Waals surface area contributed by atoms with E-state index in [1.807, 2.05) is 43.3 Å². The van der Waals surface area contributed by atoms with Crippen LogP contribution in [-0.2, 0) is 16.6 Å². The van der Waals surface area contributed by atoms with Crippen molar-refractivity contribution in [2.45, 2.75) is 62.7 Å². The van der Waals surface area contributed by atoms with Crippen LogP contribution in [0, 0.1) is 12.8 Å². The van der Waals surface area contributed by atoms with E-state index in [-0.39, 0.29) is 0 Å². The third-order valence-electron chi connectivity index (χ3n) is 6.16. The number of aryl methyl sites for hydroxylation is 1. The van der Waals surface area contributed by atoms with E-state index in [2.05, 4.69) is 17.0 Å². The highest BCUT2D eigenvalue weighted by molar-refractivity contribution is 7.94. The van der Waals surface area contributed by atoms with Gasteiger partial charge in [0.15, 0.2) is 0 Å². The first-order chi connectivity index (χ1) is 14.8. The molecule has 1 atom stereocenters. The second-order valence-corrected chi connectivity index (χ2v) is 12.0. The minimum Gasteiger partial charge on any atom is -0.310 e. The van der Waals surface area contributed by atoms with Crippen LogP contribution in [-0.4, -0.2) is 14.5 Å². The number of nitrogens with one attached hydrogen (secondary N) is 2. The summed E-state index contributed by atoms with van der Waals surface area (Å²) in [4.78, 5) is 0. The molecule has 1 saturated carbocycles. The van der Waals surface area contributed by atoms with Gasteiger partial charge in [0.1, 0.15) is 4.21 Å². The van der Waals surface area contributed by atoms with Crippen molar-refractivity contribution >= 4 is 48.7 Å². The van der Waals surface area contributed by atoms with Crippen molar-refractivity contribution in [1.82, 2.24) is 5.32 Å². The zero-order chi connectivity index (χ0) is 22.0. The maximum Gasteiger partial charge on any atom is 0.271 e. The first-order valence-corrected chi connectivity index (χ1v) is 13.5. The van der Waals surface area contributed by atoms with Crippen molar-refractivity contribution in [3.8, 4) is 0 Å². The Morgan fingerprint density at radius 2 is 1.90 bits per heavy atom. The number of rotatable bonds is 8. The lowest BCUT2D eigenvalue weighted by Crippen LogP contribution is -2.28. The Labute approximate surface area is 194 Å². The molecule has 1 fully saturated rings. The second-order valence-electron chi connectivity index (χ2n) is 8.59. The van der Waals surface area contributed by atoms with Crippen LogP contribution in [0.2, 0.25) is 5.02 Å². The van der Waals surface area contributed by atoms with Crippen LogP contribution in [0.15, 0.2) is 46.7 Å². The summed E-state index contributed by atoms with van der Waals surface area (Å²) in [5.74, 6) is 0.820. The molecule has 1 heterocycles. The molecule has 1 aliphatic carbocycles. The summed E-state index contributed by atoms with van der Waals surface area (Å²) < 4.78 is 30.6. The molecule has 1 aliphatic rings. The topological polar surface area (TPSA) is 58.2 Å². The molecule has 166 valence electrons. The summed E-state index contributed by atoms with van der Waals surface area (Å²) in [6, 6.07) is 13.5. The van der Waals surface area contributed by atoms with Crippen molar-refractivity contribution in [2.75, 3.05) is 4.72 Å². The number of halogens is 1. The summed E-state index contributed by atoms with van der Waals surface area (Å²) >= 11 is 7.39. The number of sulfonamides is 1. The Morgan fingerprint density at radius 3 is 2.68 bits per heavy atom. The smallest absolute Gasteiger partial charge is 0.271 e. The summed E-state index contributed by atoms with van der Waals surface area (Å²) in [6.07, 6.45) is 6.55. The summed E-state index contributed by atoms with van der Waals surface area (Å²) in [7, 11) is -3.70. The van der Waals surface area contributed by atoms with Crippen LogP contribution in [0.3, 0.4) is 0 Å². The van der Waals surface area contributed by atoms with Gasteiger partial charge in [-0.05, 0) is 67.0 Å². The van der Waals surface area contributed by atoms with Gasteiger partial charge < -0.3 is 5.32 Å². The Morgan fingerprint density at radius 1 is 1.16 bits per heavy atom. The fourth-order valence-corrected chi connectivity index (χ4v) is 7.53. The zero-order valence-corrected chi connectivity index (χ0v) is 20.3. The van der Waals surface area contributed by atoms with E-state index in [0.29, 0.717) is 27.5 Å². The highest BCUT2D eigenvalue weighted by atomic mass is 35.5. The van der Waals surface area contributed by atoms with E-state index < -0.39 is 10.0 Å². The molecule has 7 heteroatoms. The molecule has 1 aromatic heterocycles. The fourth-order valence-electron chi connectivity index (χ4n) is 4.51. The van der Waals surface area contributed by atoms with Gasteiger partial charge in [0.25, 0.3) is 10.0 Å². The molecule has 0 radical (unpaired) electrons. The number of hydrogen-bond acceptors (Lipinski definition) is 4. The van der Waals surface area contributed by atoms with Crippen molar-refractivity contribution in [3.63, 3.8) is 0 Å². The van der Waals surface area contributed by atoms with Gasteiger partial charge in [-0.3, -0.25) is 4.72 Å². The van der Waals surface area contributed by atoms with Crippen LogP contribution >= 0.6 is 22.9 Å². The van der Waals surface area contributed by atoms with Crippen LogP contribution in [0.1, 0.15) is 50.2 Å². The molecule has 0 aliphatic heterocycles. The monoisotopic (exact) mass is 476 g/mol. The normalized spacial score (nSPS) is 16.1. The molecular weight excluding hydrogens is 448 g/mol. The molecule has 0 saturated heterocycles. The van der Waals surface area contributed by atoms with E-state index in [4.69, 9.17) is 11.6 Å². The average molecular weight is 477 g/mol. The zero-order valence-electron chi connectivity index (χ0n) is 17.9. The van der Waals surface area contributed by atoms with Gasteiger partial charge in [-0.25, -0.2) is 8.42 Å². The van der Waals surface area contributed by atoms with Crippen molar-refractivity contribution < 1.29 is 8.42 Å². The Hall–Kier alpha value is -1.60. The Bertz CT molecular complexity index is 1170. The highest BCUT2D eigenvalue weighted by Gasteiger charge is 2.23. The van der Waals surface area contributed by atoms with Gasteiger partial charge in [-0.1, -0.05) is 55.5 Å². The van der Waals surface area contributed by atoms with Gasteiger partial charge in [0, 0.05) is 22.3 Å². The summed E-state index contributed by atoms with van der Waals surface area (Å²) in [5, 5.41) is 5.07. The molecule has 0 spiro atoms. The lowest BCUT2D eigenvalue weighted by Gasteiger charge is -2.19. The third kappa shape index (κ3) is 5.25. The number of thiophene rings is 1. The maximum absolute atomic E-state index is 13.2. The number of hydrogen-bond donors (Lipinski definition) is 2. The molecule has 31 heavy (non-hydrogen) atoms. The second kappa shape index (κ2) is 9.49. The average Bonchev–Trinajstić information content (AvgIpc) is 3.35. The molecular formula is C24H29ClN2O2S2. The number of fused-ring (bicyclic) bond motifs is 1. The van der Waals surface area contributed by atoms with E-state index >= 15 is 0 Å². The molecule has 0 bridgehead atoms. The van der Waals surface area contributed by atoms with Gasteiger partial charge in [0.2, 0.25) is 0 Å². The summed E-state index contributed by atoms with van der Waals surface area (Å²) in [6.45, 7) is 4.69. The third-order valence-corrected chi connectivity index (χ3v) is 9.66. The maximum atomic E-state index is 13.2. The predicted octanol–water partition coefficient (Wildman–Crippen LogP) is 6.72. The summed E-state index contributed by atoms with van der Waals surface area (Å²) in [5.41, 5.74) is 2.31. The Balaban J connectivity index is 1.51. The molecule has 2 aromatic carbocycles. The number of para-hydroxylation sites is 1. The molecule has 4 rings (SSSR count). The minimum absolute atomic E-state index is 0.335.